The van der Waals surface area contributed by atoms with Crippen LogP contribution in [0.3, 0.4) is 0 Å². The lowest BCUT2D eigenvalue weighted by Gasteiger charge is -2.34. The second kappa shape index (κ2) is 9.80. The van der Waals surface area contributed by atoms with Gasteiger partial charge < -0.3 is 20.4 Å². The van der Waals surface area contributed by atoms with Crippen LogP contribution in [0.25, 0.3) is 0 Å². The maximum atomic E-state index is 12.6. The summed E-state index contributed by atoms with van der Waals surface area (Å²) in [7, 11) is -1.37. The molecule has 184 valence electrons. The fourth-order valence-electron chi connectivity index (χ4n) is 3.94. The standard InChI is InChI=1S/C25H31N7O2S/c1-18-17-26-25(28-19-8-10-22(11-9-19)32-14-12-31(2)13-15-32)29-24(18)27-21-4-3-5-23(16-21)35(33,34)30-20-6-7-20/h3-5,8-11,16-17,20,30H,6-7,12-15H2,1-2H3,(H2,26,27,28,29). The Kier molecular flexibility index (Phi) is 6.59. The first-order valence-corrected chi connectivity index (χ1v) is 13.4. The van der Waals surface area contributed by atoms with Crippen LogP contribution in [0, 0.1) is 6.92 Å². The zero-order valence-electron chi connectivity index (χ0n) is 20.0. The topological polar surface area (TPSA) is 102 Å². The Labute approximate surface area is 206 Å². The minimum Gasteiger partial charge on any atom is -0.369 e. The summed E-state index contributed by atoms with van der Waals surface area (Å²) in [6.45, 7) is 6.10. The van der Waals surface area contributed by atoms with E-state index in [1.807, 2.05) is 25.1 Å². The maximum absolute atomic E-state index is 12.6. The van der Waals surface area contributed by atoms with E-state index in [0.29, 0.717) is 17.5 Å². The highest BCUT2D eigenvalue weighted by atomic mass is 32.2. The average molecular weight is 494 g/mol. The van der Waals surface area contributed by atoms with E-state index in [9.17, 15) is 8.42 Å². The monoisotopic (exact) mass is 493 g/mol. The predicted molar refractivity (Wildman–Crippen MR) is 139 cm³/mol. The van der Waals surface area contributed by atoms with Gasteiger partial charge in [-0.25, -0.2) is 18.1 Å². The Balaban J connectivity index is 1.27. The molecule has 0 radical (unpaired) electrons. The Morgan fingerprint density at radius 1 is 0.943 bits per heavy atom. The molecule has 2 heterocycles. The van der Waals surface area contributed by atoms with Crippen molar-refractivity contribution >= 4 is 38.9 Å². The van der Waals surface area contributed by atoms with Crippen LogP contribution in [0.1, 0.15) is 18.4 Å². The summed E-state index contributed by atoms with van der Waals surface area (Å²) >= 11 is 0. The number of aryl methyl sites for hydroxylation is 1. The van der Waals surface area contributed by atoms with E-state index in [0.717, 1.165) is 50.3 Å². The average Bonchev–Trinajstić information content (AvgIpc) is 3.66. The van der Waals surface area contributed by atoms with Crippen LogP contribution >= 0.6 is 0 Å². The van der Waals surface area contributed by atoms with Crippen LogP contribution in [0.5, 0.6) is 0 Å². The molecular weight excluding hydrogens is 462 g/mol. The normalized spacial score (nSPS) is 16.8. The van der Waals surface area contributed by atoms with Crippen LogP contribution in [-0.4, -0.2) is 62.6 Å². The lowest BCUT2D eigenvalue weighted by atomic mass is 10.2. The van der Waals surface area contributed by atoms with Gasteiger partial charge in [-0.3, -0.25) is 0 Å². The zero-order chi connectivity index (χ0) is 24.4. The van der Waals surface area contributed by atoms with E-state index in [-0.39, 0.29) is 10.9 Å². The largest absolute Gasteiger partial charge is 0.369 e. The van der Waals surface area contributed by atoms with Crippen molar-refractivity contribution in [1.29, 1.82) is 0 Å². The summed E-state index contributed by atoms with van der Waals surface area (Å²) in [5.41, 5.74) is 3.61. The van der Waals surface area contributed by atoms with Gasteiger partial charge in [0.05, 0.1) is 4.90 Å². The Morgan fingerprint density at radius 3 is 2.40 bits per heavy atom. The smallest absolute Gasteiger partial charge is 0.240 e. The zero-order valence-corrected chi connectivity index (χ0v) is 20.8. The number of piperazine rings is 1. The van der Waals surface area contributed by atoms with Crippen molar-refractivity contribution in [1.82, 2.24) is 19.6 Å². The third kappa shape index (κ3) is 5.90. The van der Waals surface area contributed by atoms with Crippen LogP contribution in [0.4, 0.5) is 28.8 Å². The molecule has 1 aliphatic heterocycles. The van der Waals surface area contributed by atoms with Crippen molar-refractivity contribution in [3.8, 4) is 0 Å². The molecule has 35 heavy (non-hydrogen) atoms. The third-order valence-corrected chi connectivity index (χ3v) is 7.79. The summed E-state index contributed by atoms with van der Waals surface area (Å²) in [5.74, 6) is 1.07. The highest BCUT2D eigenvalue weighted by Gasteiger charge is 2.28. The van der Waals surface area contributed by atoms with Gasteiger partial charge >= 0.3 is 0 Å². The van der Waals surface area contributed by atoms with Crippen LogP contribution in [-0.2, 0) is 10.0 Å². The highest BCUT2D eigenvalue weighted by Crippen LogP contribution is 2.26. The molecule has 1 saturated heterocycles. The lowest BCUT2D eigenvalue weighted by Crippen LogP contribution is -2.44. The molecule has 0 bridgehead atoms. The van der Waals surface area contributed by atoms with Crippen LogP contribution < -0.4 is 20.3 Å². The number of likely N-dealkylation sites (N-methyl/N-ethyl adjacent to an activating group) is 1. The second-order valence-corrected chi connectivity index (χ2v) is 10.9. The summed E-state index contributed by atoms with van der Waals surface area (Å²) in [6.07, 6.45) is 3.53. The molecule has 0 unspecified atom stereocenters. The van der Waals surface area contributed by atoms with E-state index >= 15 is 0 Å². The van der Waals surface area contributed by atoms with E-state index in [1.54, 1.807) is 24.4 Å². The Hall–Kier alpha value is -3.21. The fourth-order valence-corrected chi connectivity index (χ4v) is 5.29. The molecule has 0 spiro atoms. The van der Waals surface area contributed by atoms with Gasteiger partial charge in [-0.1, -0.05) is 6.07 Å². The molecule has 3 aromatic rings. The number of benzene rings is 2. The van der Waals surface area contributed by atoms with Crippen LogP contribution in [0.2, 0.25) is 0 Å². The second-order valence-electron chi connectivity index (χ2n) is 9.24. The predicted octanol–water partition coefficient (Wildman–Crippen LogP) is 3.46. The van der Waals surface area contributed by atoms with Gasteiger partial charge in [0.1, 0.15) is 5.82 Å². The lowest BCUT2D eigenvalue weighted by molar-refractivity contribution is 0.313. The van der Waals surface area contributed by atoms with Gasteiger partial charge in [-0.05, 0) is 69.3 Å². The molecular formula is C25H31N7O2S. The molecule has 5 rings (SSSR count). The number of nitrogens with zero attached hydrogens (tertiary/aromatic N) is 4. The van der Waals surface area contributed by atoms with Crippen molar-refractivity contribution in [3.63, 3.8) is 0 Å². The molecule has 2 aliphatic rings. The van der Waals surface area contributed by atoms with Crippen molar-refractivity contribution in [2.45, 2.75) is 30.7 Å². The number of aromatic nitrogens is 2. The molecule has 1 saturated carbocycles. The summed E-state index contributed by atoms with van der Waals surface area (Å²) in [4.78, 5) is 14.0. The number of anilines is 5. The molecule has 10 heteroatoms. The molecule has 2 aromatic carbocycles. The first-order chi connectivity index (χ1) is 16.9. The molecule has 2 fully saturated rings. The van der Waals surface area contributed by atoms with Gasteiger partial charge in [0.2, 0.25) is 16.0 Å². The molecule has 0 amide bonds. The van der Waals surface area contributed by atoms with Crippen molar-refractivity contribution < 1.29 is 8.42 Å². The summed E-state index contributed by atoms with van der Waals surface area (Å²) < 4.78 is 27.9. The molecule has 1 aliphatic carbocycles. The minimum absolute atomic E-state index is 0.0602. The van der Waals surface area contributed by atoms with Crippen LogP contribution in [0.15, 0.2) is 59.6 Å². The van der Waals surface area contributed by atoms with Gasteiger partial charge in [-0.15, -0.1) is 0 Å². The minimum atomic E-state index is -3.53. The van der Waals surface area contributed by atoms with E-state index < -0.39 is 10.0 Å². The van der Waals surface area contributed by atoms with Crippen molar-refractivity contribution in [2.75, 3.05) is 48.8 Å². The summed E-state index contributed by atoms with van der Waals surface area (Å²) in [6, 6.07) is 15.1. The summed E-state index contributed by atoms with van der Waals surface area (Å²) in [5, 5.41) is 6.51. The number of rotatable bonds is 8. The van der Waals surface area contributed by atoms with Crippen molar-refractivity contribution in [3.05, 3.63) is 60.3 Å². The van der Waals surface area contributed by atoms with E-state index in [2.05, 4.69) is 54.3 Å². The maximum Gasteiger partial charge on any atom is 0.240 e. The Bertz CT molecular complexity index is 1290. The first-order valence-electron chi connectivity index (χ1n) is 11.9. The molecule has 0 atom stereocenters. The number of hydrogen-bond acceptors (Lipinski definition) is 8. The van der Waals surface area contributed by atoms with E-state index in [1.165, 1.54) is 5.69 Å². The van der Waals surface area contributed by atoms with Crippen molar-refractivity contribution in [2.24, 2.45) is 0 Å². The van der Waals surface area contributed by atoms with Gasteiger partial charge in [0, 0.05) is 61.0 Å². The number of hydrogen-bond donors (Lipinski definition) is 3. The molecule has 9 nitrogen and oxygen atoms in total. The van der Waals surface area contributed by atoms with E-state index in [4.69, 9.17) is 0 Å². The third-order valence-electron chi connectivity index (χ3n) is 6.27. The molecule has 1 aromatic heterocycles. The van der Waals surface area contributed by atoms with Gasteiger partial charge in [-0.2, -0.15) is 4.98 Å². The number of nitrogens with one attached hydrogen (secondary N) is 3. The van der Waals surface area contributed by atoms with Gasteiger partial charge in [0.25, 0.3) is 0 Å². The molecule has 3 N–H and O–H groups in total. The highest BCUT2D eigenvalue weighted by molar-refractivity contribution is 7.89. The fraction of sp³-hybridized carbons (Fsp3) is 0.360. The van der Waals surface area contributed by atoms with Gasteiger partial charge in [0.15, 0.2) is 0 Å². The number of sulfonamides is 1. The Morgan fingerprint density at radius 2 is 1.69 bits per heavy atom. The SMILES string of the molecule is Cc1cnc(Nc2ccc(N3CCN(C)CC3)cc2)nc1Nc1cccc(S(=O)(=O)NC2CC2)c1. The first kappa shape index (κ1) is 23.5. The quantitative estimate of drug-likeness (QED) is 0.439.